The Balaban J connectivity index is 2.04. The molecule has 1 atom stereocenters. The molecule has 2 aromatic carbocycles. The van der Waals surface area contributed by atoms with Crippen LogP contribution in [0.15, 0.2) is 66.1 Å². The third-order valence-electron chi connectivity index (χ3n) is 3.81. The number of anilines is 1. The van der Waals surface area contributed by atoms with Gasteiger partial charge in [-0.3, -0.25) is 4.79 Å². The molecule has 5 nitrogen and oxygen atoms in total. The predicted octanol–water partition coefficient (Wildman–Crippen LogP) is 2.65. The van der Waals surface area contributed by atoms with E-state index in [2.05, 4.69) is 0 Å². The van der Waals surface area contributed by atoms with E-state index >= 15 is 0 Å². The van der Waals surface area contributed by atoms with Gasteiger partial charge in [-0.15, -0.1) is 0 Å². The molecule has 24 heavy (non-hydrogen) atoms. The van der Waals surface area contributed by atoms with E-state index in [0.717, 1.165) is 0 Å². The van der Waals surface area contributed by atoms with Crippen LogP contribution in [0.1, 0.15) is 10.4 Å². The summed E-state index contributed by atoms with van der Waals surface area (Å²) < 4.78 is 28.8. The summed E-state index contributed by atoms with van der Waals surface area (Å²) in [6.07, 6.45) is 1.55. The van der Waals surface area contributed by atoms with Crippen molar-refractivity contribution in [1.82, 2.24) is 0 Å². The highest BCUT2D eigenvalue weighted by atomic mass is 32.2. The Hall–Kier alpha value is -2.60. The molecule has 1 aliphatic heterocycles. The first-order valence-electron chi connectivity index (χ1n) is 7.44. The Morgan fingerprint density at radius 3 is 2.50 bits per heavy atom. The monoisotopic (exact) mass is 343 g/mol. The van der Waals surface area contributed by atoms with Crippen LogP contribution >= 0.6 is 0 Å². The number of carbonyl (C=O) groups excluding carboxylic acids is 1. The maximum absolute atomic E-state index is 13.0. The van der Waals surface area contributed by atoms with Gasteiger partial charge in [0.1, 0.15) is 5.75 Å². The first-order chi connectivity index (χ1) is 11.5. The minimum atomic E-state index is -3.29. The molecule has 0 radical (unpaired) electrons. The van der Waals surface area contributed by atoms with Gasteiger partial charge in [0.2, 0.25) is 0 Å². The molecule has 6 heteroatoms. The highest BCUT2D eigenvalue weighted by Crippen LogP contribution is 2.27. The molecule has 0 spiro atoms. The molecular weight excluding hydrogens is 326 g/mol. The van der Waals surface area contributed by atoms with E-state index in [9.17, 15) is 13.2 Å². The van der Waals surface area contributed by atoms with Crippen molar-refractivity contribution in [2.24, 2.45) is 0 Å². The van der Waals surface area contributed by atoms with Gasteiger partial charge in [-0.05, 0) is 30.3 Å². The lowest BCUT2D eigenvalue weighted by atomic mass is 10.1. The number of nitrogens with zero attached hydrogens (tertiary/aromatic N) is 1. The third kappa shape index (κ3) is 3.33. The van der Waals surface area contributed by atoms with Crippen LogP contribution in [0.25, 0.3) is 0 Å². The van der Waals surface area contributed by atoms with Gasteiger partial charge in [0, 0.05) is 22.7 Å². The smallest absolute Gasteiger partial charge is 0.258 e. The fourth-order valence-electron chi connectivity index (χ4n) is 2.66. The zero-order valence-corrected chi connectivity index (χ0v) is 13.9. The number of hydrogen-bond acceptors (Lipinski definition) is 4. The van der Waals surface area contributed by atoms with Crippen molar-refractivity contribution in [2.75, 3.05) is 17.8 Å². The zero-order valence-electron chi connectivity index (χ0n) is 13.1. The largest absolute Gasteiger partial charge is 0.497 e. The number of ether oxygens (including phenoxy) is 1. The third-order valence-corrected chi connectivity index (χ3v) is 5.19. The van der Waals surface area contributed by atoms with Crippen LogP contribution in [0.2, 0.25) is 0 Å². The summed E-state index contributed by atoms with van der Waals surface area (Å²) in [6.45, 7) is 0. The summed E-state index contributed by atoms with van der Waals surface area (Å²) in [5.41, 5.74) is 1.09. The molecule has 0 N–H and O–H groups in total. The molecule has 0 saturated carbocycles. The van der Waals surface area contributed by atoms with Crippen LogP contribution in [-0.2, 0) is 9.84 Å². The summed E-state index contributed by atoms with van der Waals surface area (Å²) in [4.78, 5) is 14.5. The fourth-order valence-corrected chi connectivity index (χ4v) is 3.93. The first kappa shape index (κ1) is 16.3. The van der Waals surface area contributed by atoms with Crippen molar-refractivity contribution in [3.05, 3.63) is 71.6 Å². The molecule has 2 aromatic rings. The summed E-state index contributed by atoms with van der Waals surface area (Å²) in [7, 11) is -1.74. The Morgan fingerprint density at radius 2 is 1.88 bits per heavy atom. The second-order valence-corrected chi connectivity index (χ2v) is 7.40. The number of carbonyl (C=O) groups is 1. The molecule has 0 aromatic heterocycles. The van der Waals surface area contributed by atoms with Crippen LogP contribution in [0, 0.1) is 0 Å². The van der Waals surface area contributed by atoms with E-state index in [1.165, 1.54) is 10.3 Å². The molecule has 0 bridgehead atoms. The molecule has 0 fully saturated rings. The van der Waals surface area contributed by atoms with Crippen molar-refractivity contribution in [3.8, 4) is 5.75 Å². The molecule has 1 heterocycles. The second kappa shape index (κ2) is 6.49. The number of methoxy groups -OCH3 is 1. The van der Waals surface area contributed by atoms with E-state index in [0.29, 0.717) is 17.0 Å². The lowest BCUT2D eigenvalue weighted by Gasteiger charge is -2.28. The maximum Gasteiger partial charge on any atom is 0.258 e. The number of amides is 1. The number of rotatable bonds is 4. The standard InChI is InChI=1S/C18H17NO4S/c1-23-17-9-5-8-15(12-17)19(16-10-11-24(21,22)13-16)18(20)14-6-3-2-4-7-14/h2-12,16H,13H2,1H3. The van der Waals surface area contributed by atoms with Gasteiger partial charge in [0.25, 0.3) is 5.91 Å². The number of hydrogen-bond donors (Lipinski definition) is 0. The normalized spacial score (nSPS) is 18.3. The molecule has 124 valence electrons. The molecule has 3 rings (SSSR count). The molecule has 1 unspecified atom stereocenters. The Bertz CT molecular complexity index is 875. The summed E-state index contributed by atoms with van der Waals surface area (Å²) in [6, 6.07) is 15.3. The topological polar surface area (TPSA) is 63.7 Å². The minimum absolute atomic E-state index is 0.122. The minimum Gasteiger partial charge on any atom is -0.497 e. The van der Waals surface area contributed by atoms with Gasteiger partial charge in [-0.25, -0.2) is 8.42 Å². The number of benzene rings is 2. The van der Waals surface area contributed by atoms with Crippen LogP contribution in [-0.4, -0.2) is 33.2 Å². The van der Waals surface area contributed by atoms with Crippen LogP contribution in [0.5, 0.6) is 5.75 Å². The molecule has 0 saturated heterocycles. The van der Waals surface area contributed by atoms with Gasteiger partial charge in [-0.1, -0.05) is 24.3 Å². The Morgan fingerprint density at radius 1 is 1.12 bits per heavy atom. The SMILES string of the molecule is COc1cccc(N(C(=O)c2ccccc2)C2C=CS(=O)(=O)C2)c1. The fraction of sp³-hybridized carbons (Fsp3) is 0.167. The molecule has 0 aliphatic carbocycles. The van der Waals surface area contributed by atoms with Gasteiger partial charge < -0.3 is 9.64 Å². The summed E-state index contributed by atoms with van der Waals surface area (Å²) in [5, 5.41) is 1.17. The molecule has 1 amide bonds. The summed E-state index contributed by atoms with van der Waals surface area (Å²) >= 11 is 0. The second-order valence-electron chi connectivity index (χ2n) is 5.47. The quantitative estimate of drug-likeness (QED) is 0.856. The highest BCUT2D eigenvalue weighted by molar-refractivity contribution is 7.94. The van der Waals surface area contributed by atoms with Crippen molar-refractivity contribution in [2.45, 2.75) is 6.04 Å². The van der Waals surface area contributed by atoms with Gasteiger partial charge in [0.05, 0.1) is 18.9 Å². The first-order valence-corrected chi connectivity index (χ1v) is 9.15. The van der Waals surface area contributed by atoms with Crippen LogP contribution in [0.3, 0.4) is 0 Å². The number of sulfone groups is 1. The van der Waals surface area contributed by atoms with E-state index in [1.807, 2.05) is 6.07 Å². The van der Waals surface area contributed by atoms with E-state index < -0.39 is 15.9 Å². The summed E-state index contributed by atoms with van der Waals surface area (Å²) in [5.74, 6) is 0.224. The average molecular weight is 343 g/mol. The van der Waals surface area contributed by atoms with Crippen LogP contribution < -0.4 is 9.64 Å². The van der Waals surface area contributed by atoms with Gasteiger partial charge in [0.15, 0.2) is 9.84 Å². The van der Waals surface area contributed by atoms with Crippen LogP contribution in [0.4, 0.5) is 5.69 Å². The highest BCUT2D eigenvalue weighted by Gasteiger charge is 2.32. The van der Waals surface area contributed by atoms with Crippen molar-refractivity contribution in [3.63, 3.8) is 0 Å². The molecule has 1 aliphatic rings. The molecular formula is C18H17NO4S. The Labute approximate surface area is 141 Å². The Kier molecular flexibility index (Phi) is 4.40. The maximum atomic E-state index is 13.0. The van der Waals surface area contributed by atoms with E-state index in [4.69, 9.17) is 4.74 Å². The average Bonchev–Trinajstić information content (AvgIpc) is 2.95. The zero-order chi connectivity index (χ0) is 17.2. The lowest BCUT2D eigenvalue weighted by Crippen LogP contribution is -2.41. The van der Waals surface area contributed by atoms with E-state index in [-0.39, 0.29) is 11.7 Å². The lowest BCUT2D eigenvalue weighted by molar-refractivity contribution is 0.0983. The van der Waals surface area contributed by atoms with E-state index in [1.54, 1.807) is 61.7 Å². The van der Waals surface area contributed by atoms with Crippen molar-refractivity contribution >= 4 is 21.4 Å². The van der Waals surface area contributed by atoms with Gasteiger partial charge >= 0.3 is 0 Å². The van der Waals surface area contributed by atoms with Gasteiger partial charge in [-0.2, -0.15) is 0 Å². The van der Waals surface area contributed by atoms with Crippen molar-refractivity contribution < 1.29 is 17.9 Å². The predicted molar refractivity (Wildman–Crippen MR) is 93.0 cm³/mol. The van der Waals surface area contributed by atoms with Crippen molar-refractivity contribution in [1.29, 1.82) is 0 Å².